The van der Waals surface area contributed by atoms with Gasteiger partial charge >= 0.3 is 0 Å². The minimum atomic E-state index is -0.347. The number of aryl methyl sites for hydroxylation is 1. The van der Waals surface area contributed by atoms with E-state index in [4.69, 9.17) is 4.74 Å². The van der Waals surface area contributed by atoms with Gasteiger partial charge in [0.05, 0.1) is 12.6 Å². The van der Waals surface area contributed by atoms with E-state index in [1.54, 1.807) is 6.07 Å². The Bertz CT molecular complexity index is 1020. The second-order valence-corrected chi connectivity index (χ2v) is 6.61. The topological polar surface area (TPSA) is 97.0 Å². The van der Waals surface area contributed by atoms with Crippen molar-refractivity contribution in [2.24, 2.45) is 0 Å². The number of nitrogens with zero attached hydrogens (tertiary/aromatic N) is 2. The Kier molecular flexibility index (Phi) is 6.73. The van der Waals surface area contributed by atoms with Crippen molar-refractivity contribution in [3.8, 4) is 17.1 Å². The van der Waals surface area contributed by atoms with Gasteiger partial charge in [0.15, 0.2) is 5.82 Å². The molecular weight excluding hydrogens is 368 g/mol. The van der Waals surface area contributed by atoms with Crippen LogP contribution in [0.2, 0.25) is 0 Å². The average Bonchev–Trinajstić information content (AvgIpc) is 2.74. The Morgan fingerprint density at radius 3 is 2.66 bits per heavy atom. The number of amides is 1. The first kappa shape index (κ1) is 20.3. The molecule has 7 heteroatoms. The lowest BCUT2D eigenvalue weighted by Gasteiger charge is -2.14. The smallest absolute Gasteiger partial charge is 0.273 e. The minimum Gasteiger partial charge on any atom is -0.494 e. The van der Waals surface area contributed by atoms with E-state index < -0.39 is 0 Å². The number of carbonyl (C=O) groups excluding carboxylic acids is 1. The standard InChI is InChI=1S/C22H24N4O3/c1-3-29-18-11-7-10-17(14-18)21-24-22(28)19(25-26-21)12-13-20(27)23-15(2)16-8-5-4-6-9-16/h4-11,14-15H,3,12-13H2,1-2H3,(H,23,27)(H,24,26,28)/t15-/m1/s1. The van der Waals surface area contributed by atoms with E-state index in [2.05, 4.69) is 20.5 Å². The van der Waals surface area contributed by atoms with Crippen molar-refractivity contribution in [1.29, 1.82) is 0 Å². The molecule has 2 aromatic carbocycles. The zero-order valence-electron chi connectivity index (χ0n) is 16.5. The average molecular weight is 392 g/mol. The zero-order valence-corrected chi connectivity index (χ0v) is 16.5. The van der Waals surface area contributed by atoms with Crippen LogP contribution in [0.5, 0.6) is 5.75 Å². The van der Waals surface area contributed by atoms with Gasteiger partial charge in [-0.15, -0.1) is 10.2 Å². The molecule has 1 aromatic heterocycles. The molecule has 1 heterocycles. The SMILES string of the molecule is CCOc1cccc(-c2nnc(CCC(=O)N[C@H](C)c3ccccc3)c(=O)[nH]2)c1. The summed E-state index contributed by atoms with van der Waals surface area (Å²) in [7, 11) is 0. The van der Waals surface area contributed by atoms with Crippen molar-refractivity contribution in [3.05, 3.63) is 76.2 Å². The molecule has 0 saturated carbocycles. The summed E-state index contributed by atoms with van der Waals surface area (Å²) in [5, 5.41) is 11.1. The maximum atomic E-state index is 12.4. The normalized spacial score (nSPS) is 11.7. The third-order valence-electron chi connectivity index (χ3n) is 4.45. The molecule has 7 nitrogen and oxygen atoms in total. The number of aromatic amines is 1. The Morgan fingerprint density at radius 2 is 1.93 bits per heavy atom. The number of carbonyl (C=O) groups is 1. The van der Waals surface area contributed by atoms with E-state index in [1.807, 2.05) is 62.4 Å². The van der Waals surface area contributed by atoms with E-state index in [9.17, 15) is 9.59 Å². The van der Waals surface area contributed by atoms with Gasteiger partial charge in [0.1, 0.15) is 11.4 Å². The monoisotopic (exact) mass is 392 g/mol. The van der Waals surface area contributed by atoms with Gasteiger partial charge in [0, 0.05) is 18.4 Å². The largest absolute Gasteiger partial charge is 0.494 e. The highest BCUT2D eigenvalue weighted by Crippen LogP contribution is 2.19. The number of rotatable bonds is 8. The quantitative estimate of drug-likeness (QED) is 0.614. The Balaban J connectivity index is 1.61. The fourth-order valence-electron chi connectivity index (χ4n) is 2.92. The second-order valence-electron chi connectivity index (χ2n) is 6.61. The Morgan fingerprint density at radius 1 is 1.14 bits per heavy atom. The van der Waals surface area contributed by atoms with Gasteiger partial charge in [-0.05, 0) is 31.5 Å². The van der Waals surface area contributed by atoms with Crippen LogP contribution in [0.3, 0.4) is 0 Å². The molecule has 0 bridgehead atoms. The first-order valence-electron chi connectivity index (χ1n) is 9.60. The van der Waals surface area contributed by atoms with Crippen molar-refractivity contribution in [2.45, 2.75) is 32.7 Å². The lowest BCUT2D eigenvalue weighted by atomic mass is 10.1. The third-order valence-corrected chi connectivity index (χ3v) is 4.45. The minimum absolute atomic E-state index is 0.104. The van der Waals surface area contributed by atoms with Gasteiger partial charge in [0.2, 0.25) is 5.91 Å². The molecule has 29 heavy (non-hydrogen) atoms. The Labute approximate surface area is 169 Å². The van der Waals surface area contributed by atoms with Gasteiger partial charge in [-0.25, -0.2) is 0 Å². The zero-order chi connectivity index (χ0) is 20.6. The van der Waals surface area contributed by atoms with Crippen LogP contribution < -0.4 is 15.6 Å². The van der Waals surface area contributed by atoms with Crippen LogP contribution in [-0.2, 0) is 11.2 Å². The highest BCUT2D eigenvalue weighted by molar-refractivity contribution is 5.76. The lowest BCUT2D eigenvalue weighted by molar-refractivity contribution is -0.121. The van der Waals surface area contributed by atoms with Crippen LogP contribution in [0.15, 0.2) is 59.4 Å². The van der Waals surface area contributed by atoms with Gasteiger partial charge in [-0.3, -0.25) is 9.59 Å². The summed E-state index contributed by atoms with van der Waals surface area (Å²) < 4.78 is 5.47. The molecule has 0 fully saturated rings. The summed E-state index contributed by atoms with van der Waals surface area (Å²) in [6.07, 6.45) is 0.378. The summed E-state index contributed by atoms with van der Waals surface area (Å²) in [5.41, 5.74) is 1.62. The summed E-state index contributed by atoms with van der Waals surface area (Å²) in [6, 6.07) is 16.9. The molecule has 0 radical (unpaired) electrons. The fourth-order valence-corrected chi connectivity index (χ4v) is 2.92. The Hall–Kier alpha value is -3.48. The number of ether oxygens (including phenoxy) is 1. The van der Waals surface area contributed by atoms with E-state index in [-0.39, 0.29) is 36.0 Å². The van der Waals surface area contributed by atoms with Crippen molar-refractivity contribution < 1.29 is 9.53 Å². The summed E-state index contributed by atoms with van der Waals surface area (Å²) in [4.78, 5) is 27.3. The molecule has 150 valence electrons. The number of H-pyrrole nitrogens is 1. The lowest BCUT2D eigenvalue weighted by Crippen LogP contribution is -2.28. The summed E-state index contributed by atoms with van der Waals surface area (Å²) >= 11 is 0. The molecule has 0 aliphatic rings. The summed E-state index contributed by atoms with van der Waals surface area (Å²) in [5.74, 6) is 0.916. The molecule has 2 N–H and O–H groups in total. The van der Waals surface area contributed by atoms with E-state index in [0.29, 0.717) is 23.7 Å². The number of aromatic nitrogens is 3. The number of hydrogen-bond acceptors (Lipinski definition) is 5. The van der Waals surface area contributed by atoms with Gasteiger partial charge in [-0.1, -0.05) is 42.5 Å². The highest BCUT2D eigenvalue weighted by atomic mass is 16.5. The van der Waals surface area contributed by atoms with Crippen LogP contribution in [0.4, 0.5) is 0 Å². The highest BCUT2D eigenvalue weighted by Gasteiger charge is 2.12. The molecule has 0 saturated heterocycles. The first-order valence-corrected chi connectivity index (χ1v) is 9.60. The molecule has 3 aromatic rings. The predicted octanol–water partition coefficient (Wildman–Crippen LogP) is 3.04. The van der Waals surface area contributed by atoms with Crippen molar-refractivity contribution in [3.63, 3.8) is 0 Å². The van der Waals surface area contributed by atoms with Crippen molar-refractivity contribution >= 4 is 5.91 Å². The van der Waals surface area contributed by atoms with Crippen LogP contribution in [0.1, 0.15) is 37.6 Å². The maximum absolute atomic E-state index is 12.4. The van der Waals surface area contributed by atoms with E-state index in [1.165, 1.54) is 0 Å². The molecular formula is C22H24N4O3. The van der Waals surface area contributed by atoms with Gasteiger partial charge in [0.25, 0.3) is 5.56 Å². The van der Waals surface area contributed by atoms with E-state index in [0.717, 1.165) is 5.56 Å². The van der Waals surface area contributed by atoms with Crippen molar-refractivity contribution in [1.82, 2.24) is 20.5 Å². The predicted molar refractivity (Wildman–Crippen MR) is 111 cm³/mol. The van der Waals surface area contributed by atoms with Gasteiger partial charge in [-0.2, -0.15) is 0 Å². The number of benzene rings is 2. The molecule has 0 aliphatic carbocycles. The van der Waals surface area contributed by atoms with Crippen LogP contribution in [0, 0.1) is 0 Å². The third kappa shape index (κ3) is 5.51. The molecule has 1 amide bonds. The number of hydrogen-bond donors (Lipinski definition) is 2. The molecule has 3 rings (SSSR count). The fraction of sp³-hybridized carbons (Fsp3) is 0.273. The summed E-state index contributed by atoms with van der Waals surface area (Å²) in [6.45, 7) is 4.38. The maximum Gasteiger partial charge on any atom is 0.273 e. The molecule has 0 unspecified atom stereocenters. The molecule has 0 aliphatic heterocycles. The van der Waals surface area contributed by atoms with Crippen LogP contribution >= 0.6 is 0 Å². The molecule has 1 atom stereocenters. The van der Waals surface area contributed by atoms with Gasteiger partial charge < -0.3 is 15.0 Å². The van der Waals surface area contributed by atoms with E-state index >= 15 is 0 Å². The first-order chi connectivity index (χ1) is 14.1. The van der Waals surface area contributed by atoms with Crippen LogP contribution in [-0.4, -0.2) is 27.7 Å². The second kappa shape index (κ2) is 9.64. The van der Waals surface area contributed by atoms with Crippen LogP contribution in [0.25, 0.3) is 11.4 Å². The van der Waals surface area contributed by atoms with Crippen molar-refractivity contribution in [2.75, 3.05) is 6.61 Å². The molecule has 0 spiro atoms. The number of nitrogens with one attached hydrogen (secondary N) is 2.